The molecule has 0 bridgehead atoms. The van der Waals surface area contributed by atoms with Crippen LogP contribution >= 0.6 is 0 Å². The molecule has 0 saturated carbocycles. The molecule has 1 N–H and O–H groups in total. The first-order valence-corrected chi connectivity index (χ1v) is 10.4. The first kappa shape index (κ1) is 18.6. The van der Waals surface area contributed by atoms with Crippen LogP contribution in [0.3, 0.4) is 0 Å². The van der Waals surface area contributed by atoms with Gasteiger partial charge < -0.3 is 4.90 Å². The molecule has 0 fully saturated rings. The van der Waals surface area contributed by atoms with Crippen molar-refractivity contribution >= 4 is 21.6 Å². The van der Waals surface area contributed by atoms with Crippen LogP contribution in [0, 0.1) is 5.92 Å². The van der Waals surface area contributed by atoms with Crippen molar-refractivity contribution in [1.29, 1.82) is 0 Å². The number of carbonyl (C=O) groups excluding carboxylic acids is 1. The SMILES string of the molecule is CC(C)CCNS(=O)(=O)c1cccc(C(=O)N2CCc3ccccc32)c1. The predicted molar refractivity (Wildman–Crippen MR) is 103 cm³/mol. The fraction of sp³-hybridized carbons (Fsp3) is 0.350. The molecule has 138 valence electrons. The number of hydrogen-bond donors (Lipinski definition) is 1. The van der Waals surface area contributed by atoms with Gasteiger partial charge in [0.15, 0.2) is 0 Å². The molecule has 1 amide bonds. The highest BCUT2D eigenvalue weighted by atomic mass is 32.2. The molecular weight excluding hydrogens is 348 g/mol. The van der Waals surface area contributed by atoms with E-state index in [2.05, 4.69) is 4.72 Å². The van der Waals surface area contributed by atoms with Crippen molar-refractivity contribution in [3.63, 3.8) is 0 Å². The third-order valence-electron chi connectivity index (χ3n) is 4.54. The summed E-state index contributed by atoms with van der Waals surface area (Å²) < 4.78 is 27.5. The molecule has 0 aromatic heterocycles. The van der Waals surface area contributed by atoms with Crippen LogP contribution < -0.4 is 9.62 Å². The summed E-state index contributed by atoms with van der Waals surface area (Å²) in [7, 11) is -3.62. The number of sulfonamides is 1. The topological polar surface area (TPSA) is 66.5 Å². The highest BCUT2D eigenvalue weighted by Crippen LogP contribution is 2.29. The van der Waals surface area contributed by atoms with E-state index in [4.69, 9.17) is 0 Å². The number of rotatable bonds is 6. The molecule has 1 heterocycles. The van der Waals surface area contributed by atoms with Gasteiger partial charge in [-0.05, 0) is 48.6 Å². The van der Waals surface area contributed by atoms with Gasteiger partial charge in [-0.1, -0.05) is 38.1 Å². The quantitative estimate of drug-likeness (QED) is 0.847. The number of amides is 1. The first-order chi connectivity index (χ1) is 12.4. The van der Waals surface area contributed by atoms with E-state index < -0.39 is 10.0 Å². The van der Waals surface area contributed by atoms with E-state index in [0.717, 1.165) is 24.1 Å². The Balaban J connectivity index is 1.80. The summed E-state index contributed by atoms with van der Waals surface area (Å²) in [5, 5.41) is 0. The molecule has 0 saturated heterocycles. The van der Waals surface area contributed by atoms with Crippen LogP contribution in [0.25, 0.3) is 0 Å². The van der Waals surface area contributed by atoms with E-state index in [9.17, 15) is 13.2 Å². The number of para-hydroxylation sites is 1. The molecule has 2 aromatic rings. The number of anilines is 1. The third-order valence-corrected chi connectivity index (χ3v) is 6.00. The third kappa shape index (κ3) is 3.97. The van der Waals surface area contributed by atoms with Gasteiger partial charge in [-0.15, -0.1) is 0 Å². The summed E-state index contributed by atoms with van der Waals surface area (Å²) in [6, 6.07) is 14.1. The first-order valence-electron chi connectivity index (χ1n) is 8.88. The van der Waals surface area contributed by atoms with Crippen molar-refractivity contribution in [2.75, 3.05) is 18.0 Å². The lowest BCUT2D eigenvalue weighted by atomic mass is 10.1. The summed E-state index contributed by atoms with van der Waals surface area (Å²) in [6.45, 7) is 5.09. The number of benzene rings is 2. The van der Waals surface area contributed by atoms with Crippen LogP contribution in [0.2, 0.25) is 0 Å². The van der Waals surface area contributed by atoms with Gasteiger partial charge in [0.1, 0.15) is 0 Å². The van der Waals surface area contributed by atoms with Gasteiger partial charge in [0.25, 0.3) is 5.91 Å². The Hall–Kier alpha value is -2.18. The van der Waals surface area contributed by atoms with Crippen molar-refractivity contribution in [2.45, 2.75) is 31.6 Å². The van der Waals surface area contributed by atoms with Crippen molar-refractivity contribution in [3.8, 4) is 0 Å². The van der Waals surface area contributed by atoms with E-state index in [0.29, 0.717) is 24.6 Å². The van der Waals surface area contributed by atoms with Gasteiger partial charge >= 0.3 is 0 Å². The number of nitrogens with zero attached hydrogens (tertiary/aromatic N) is 1. The smallest absolute Gasteiger partial charge is 0.258 e. The predicted octanol–water partition coefficient (Wildman–Crippen LogP) is 3.21. The molecular formula is C20H24N2O3S. The Morgan fingerprint density at radius 1 is 1.15 bits per heavy atom. The Bertz CT molecular complexity index is 907. The Morgan fingerprint density at radius 2 is 1.92 bits per heavy atom. The van der Waals surface area contributed by atoms with Gasteiger partial charge in [-0.3, -0.25) is 4.79 Å². The second-order valence-electron chi connectivity index (χ2n) is 6.94. The van der Waals surface area contributed by atoms with Gasteiger partial charge in [0.05, 0.1) is 4.90 Å². The average Bonchev–Trinajstić information content (AvgIpc) is 3.05. The lowest BCUT2D eigenvalue weighted by Crippen LogP contribution is -2.29. The molecule has 0 atom stereocenters. The fourth-order valence-electron chi connectivity index (χ4n) is 3.07. The minimum absolute atomic E-state index is 0.125. The zero-order chi connectivity index (χ0) is 18.7. The highest BCUT2D eigenvalue weighted by Gasteiger charge is 2.26. The number of carbonyl (C=O) groups is 1. The lowest BCUT2D eigenvalue weighted by Gasteiger charge is -2.18. The minimum atomic E-state index is -3.62. The number of hydrogen-bond acceptors (Lipinski definition) is 3. The molecule has 0 radical (unpaired) electrons. The molecule has 6 heteroatoms. The van der Waals surface area contributed by atoms with Gasteiger partial charge in [-0.2, -0.15) is 0 Å². The summed E-state index contributed by atoms with van der Waals surface area (Å²) in [5.74, 6) is 0.245. The van der Waals surface area contributed by atoms with Gasteiger partial charge in [-0.25, -0.2) is 13.1 Å². The van der Waals surface area contributed by atoms with Crippen LogP contribution in [0.4, 0.5) is 5.69 Å². The molecule has 0 spiro atoms. The number of nitrogens with one attached hydrogen (secondary N) is 1. The minimum Gasteiger partial charge on any atom is -0.308 e. The van der Waals surface area contributed by atoms with E-state index >= 15 is 0 Å². The lowest BCUT2D eigenvalue weighted by molar-refractivity contribution is 0.0989. The summed E-state index contributed by atoms with van der Waals surface area (Å²) in [5.41, 5.74) is 2.43. The second-order valence-corrected chi connectivity index (χ2v) is 8.71. The van der Waals surface area contributed by atoms with Crippen molar-refractivity contribution < 1.29 is 13.2 Å². The van der Waals surface area contributed by atoms with Crippen LogP contribution in [-0.4, -0.2) is 27.4 Å². The van der Waals surface area contributed by atoms with Crippen molar-refractivity contribution in [2.24, 2.45) is 5.92 Å². The number of fused-ring (bicyclic) bond motifs is 1. The average molecular weight is 372 g/mol. The zero-order valence-electron chi connectivity index (χ0n) is 15.1. The van der Waals surface area contributed by atoms with Crippen molar-refractivity contribution in [3.05, 3.63) is 59.7 Å². The van der Waals surface area contributed by atoms with Crippen LogP contribution in [0.5, 0.6) is 0 Å². The van der Waals surface area contributed by atoms with Crippen molar-refractivity contribution in [1.82, 2.24) is 4.72 Å². The molecule has 5 nitrogen and oxygen atoms in total. The molecule has 26 heavy (non-hydrogen) atoms. The highest BCUT2D eigenvalue weighted by molar-refractivity contribution is 7.89. The molecule has 1 aliphatic heterocycles. The van der Waals surface area contributed by atoms with Crippen LogP contribution in [-0.2, 0) is 16.4 Å². The van der Waals surface area contributed by atoms with E-state index in [1.807, 2.05) is 38.1 Å². The maximum Gasteiger partial charge on any atom is 0.258 e. The molecule has 0 aliphatic carbocycles. The molecule has 2 aromatic carbocycles. The Morgan fingerprint density at radius 3 is 2.69 bits per heavy atom. The Labute approximate surface area is 155 Å². The van der Waals surface area contributed by atoms with Gasteiger partial charge in [0.2, 0.25) is 10.0 Å². The molecule has 3 rings (SSSR count). The second kappa shape index (κ2) is 7.60. The largest absolute Gasteiger partial charge is 0.308 e. The summed E-state index contributed by atoms with van der Waals surface area (Å²) in [6.07, 6.45) is 1.58. The molecule has 1 aliphatic rings. The zero-order valence-corrected chi connectivity index (χ0v) is 15.9. The van der Waals surface area contributed by atoms with E-state index in [-0.39, 0.29) is 10.8 Å². The molecule has 0 unspecified atom stereocenters. The fourth-order valence-corrected chi connectivity index (χ4v) is 4.16. The summed E-state index contributed by atoms with van der Waals surface area (Å²) >= 11 is 0. The standard InChI is InChI=1S/C20H24N2O3S/c1-15(2)10-12-21-26(24,25)18-8-5-7-17(14-18)20(23)22-13-11-16-6-3-4-9-19(16)22/h3-9,14-15,21H,10-13H2,1-2H3. The summed E-state index contributed by atoms with van der Waals surface area (Å²) in [4.78, 5) is 14.7. The van der Waals surface area contributed by atoms with Crippen LogP contribution in [0.1, 0.15) is 36.2 Å². The maximum atomic E-state index is 12.9. The normalized spacial score (nSPS) is 13.9. The van der Waals surface area contributed by atoms with Crippen LogP contribution in [0.15, 0.2) is 53.4 Å². The Kier molecular flexibility index (Phi) is 5.44. The van der Waals surface area contributed by atoms with E-state index in [1.54, 1.807) is 17.0 Å². The van der Waals surface area contributed by atoms with E-state index in [1.165, 1.54) is 12.1 Å². The maximum absolute atomic E-state index is 12.9. The monoisotopic (exact) mass is 372 g/mol. The van der Waals surface area contributed by atoms with Gasteiger partial charge in [0, 0.05) is 24.3 Å².